The Balaban J connectivity index is 1.44. The van der Waals surface area contributed by atoms with Crippen LogP contribution < -0.4 is 10.2 Å². The van der Waals surface area contributed by atoms with Gasteiger partial charge in [0.2, 0.25) is 0 Å². The molecule has 0 bridgehead atoms. The molecule has 0 aliphatic carbocycles. The number of anilines is 2. The summed E-state index contributed by atoms with van der Waals surface area (Å²) in [6, 6.07) is 24.5. The average molecular weight is 386 g/mol. The van der Waals surface area contributed by atoms with Crippen molar-refractivity contribution in [3.8, 4) is 0 Å². The maximum atomic E-state index is 12.9. The number of ether oxygens (including phenoxy) is 1. The molecule has 3 aromatic carbocycles. The Labute approximate surface area is 169 Å². The fraction of sp³-hybridized carbons (Fsp3) is 0.167. The number of benzene rings is 3. The molecule has 0 spiro atoms. The molecular weight excluding hydrogens is 364 g/mol. The summed E-state index contributed by atoms with van der Waals surface area (Å²) in [5.74, 6) is -0.00506. The minimum absolute atomic E-state index is 0.00506. The average Bonchev–Trinajstić information content (AvgIpc) is 2.78. The van der Waals surface area contributed by atoms with Crippen molar-refractivity contribution in [2.45, 2.75) is 19.4 Å². The molecule has 0 aromatic heterocycles. The quantitative estimate of drug-likeness (QED) is 0.684. The van der Waals surface area contributed by atoms with Gasteiger partial charge in [-0.3, -0.25) is 10.1 Å². The Morgan fingerprint density at radius 1 is 0.931 bits per heavy atom. The second kappa shape index (κ2) is 8.61. The Morgan fingerprint density at radius 3 is 2.41 bits per heavy atom. The van der Waals surface area contributed by atoms with Gasteiger partial charge in [-0.1, -0.05) is 48.5 Å². The third kappa shape index (κ3) is 4.46. The zero-order valence-electron chi connectivity index (χ0n) is 16.0. The molecule has 0 atom stereocenters. The Bertz CT molecular complexity index is 1000. The largest absolute Gasteiger partial charge is 0.444 e. The molecule has 29 heavy (non-hydrogen) atoms. The smallest absolute Gasteiger partial charge is 0.411 e. The molecule has 0 saturated heterocycles. The lowest BCUT2D eigenvalue weighted by molar-refractivity contribution is 0.0985. The zero-order valence-corrected chi connectivity index (χ0v) is 16.0. The summed E-state index contributed by atoms with van der Waals surface area (Å²) in [5, 5.41) is 2.77. The van der Waals surface area contributed by atoms with E-state index in [0.29, 0.717) is 17.8 Å². The highest BCUT2D eigenvalue weighted by Gasteiger charge is 2.23. The van der Waals surface area contributed by atoms with Crippen molar-refractivity contribution in [3.05, 3.63) is 95.6 Å². The first-order chi connectivity index (χ1) is 14.2. The van der Waals surface area contributed by atoms with Crippen molar-refractivity contribution >= 4 is 23.4 Å². The van der Waals surface area contributed by atoms with E-state index in [9.17, 15) is 9.59 Å². The molecule has 2 amide bonds. The molecule has 5 nitrogen and oxygen atoms in total. The fourth-order valence-corrected chi connectivity index (χ4v) is 3.50. The van der Waals surface area contributed by atoms with Crippen LogP contribution in [-0.2, 0) is 17.8 Å². The summed E-state index contributed by atoms with van der Waals surface area (Å²) < 4.78 is 5.28. The van der Waals surface area contributed by atoms with Gasteiger partial charge in [-0.25, -0.2) is 4.79 Å². The van der Waals surface area contributed by atoms with Crippen molar-refractivity contribution < 1.29 is 14.3 Å². The van der Waals surface area contributed by atoms with Gasteiger partial charge >= 0.3 is 6.09 Å². The number of hydrogen-bond acceptors (Lipinski definition) is 3. The van der Waals surface area contributed by atoms with Crippen LogP contribution in [0, 0.1) is 0 Å². The predicted molar refractivity (Wildman–Crippen MR) is 113 cm³/mol. The number of nitrogens with zero attached hydrogens (tertiary/aromatic N) is 1. The number of carbonyl (C=O) groups is 2. The van der Waals surface area contributed by atoms with Crippen LogP contribution >= 0.6 is 0 Å². The Morgan fingerprint density at radius 2 is 1.66 bits per heavy atom. The summed E-state index contributed by atoms with van der Waals surface area (Å²) in [6.45, 7) is 0.906. The van der Waals surface area contributed by atoms with Gasteiger partial charge in [-0.05, 0) is 54.3 Å². The van der Waals surface area contributed by atoms with Crippen LogP contribution in [0.15, 0.2) is 78.9 Å². The molecule has 1 N–H and O–H groups in total. The predicted octanol–water partition coefficient (Wildman–Crippen LogP) is 5.03. The van der Waals surface area contributed by atoms with Crippen LogP contribution in [0.4, 0.5) is 16.2 Å². The van der Waals surface area contributed by atoms with Gasteiger partial charge in [0.1, 0.15) is 6.61 Å². The lowest BCUT2D eigenvalue weighted by Crippen LogP contribution is -2.35. The first-order valence-corrected chi connectivity index (χ1v) is 9.68. The highest BCUT2D eigenvalue weighted by atomic mass is 16.5. The van der Waals surface area contributed by atoms with Crippen LogP contribution in [0.1, 0.15) is 27.9 Å². The van der Waals surface area contributed by atoms with Crippen LogP contribution in [-0.4, -0.2) is 18.5 Å². The fourth-order valence-electron chi connectivity index (χ4n) is 3.50. The molecule has 0 fully saturated rings. The second-order valence-electron chi connectivity index (χ2n) is 6.96. The van der Waals surface area contributed by atoms with E-state index < -0.39 is 6.09 Å². The highest BCUT2D eigenvalue weighted by Crippen LogP contribution is 2.31. The van der Waals surface area contributed by atoms with Crippen molar-refractivity contribution in [1.29, 1.82) is 0 Å². The van der Waals surface area contributed by atoms with Gasteiger partial charge in [0.05, 0.1) is 0 Å². The van der Waals surface area contributed by atoms with Gasteiger partial charge in [0.15, 0.2) is 0 Å². The van der Waals surface area contributed by atoms with Crippen molar-refractivity contribution in [1.82, 2.24) is 0 Å². The van der Waals surface area contributed by atoms with Gasteiger partial charge in [0, 0.05) is 23.5 Å². The molecule has 1 heterocycles. The Kier molecular flexibility index (Phi) is 5.56. The summed E-state index contributed by atoms with van der Waals surface area (Å²) in [4.78, 5) is 26.8. The standard InChI is InChI=1S/C24H22N2O3/c27-23(19-10-5-2-6-11-19)26-15-7-12-20-16-21(13-14-22(20)26)25-24(28)29-17-18-8-3-1-4-9-18/h1-6,8-11,13-14,16H,7,12,15,17H2,(H,25,28). The van der Waals surface area contributed by atoms with Gasteiger partial charge in [-0.15, -0.1) is 0 Å². The van der Waals surface area contributed by atoms with E-state index >= 15 is 0 Å². The minimum atomic E-state index is -0.498. The normalized spacial score (nSPS) is 12.8. The van der Waals surface area contributed by atoms with E-state index in [1.807, 2.05) is 77.7 Å². The minimum Gasteiger partial charge on any atom is -0.444 e. The maximum absolute atomic E-state index is 12.9. The van der Waals surface area contributed by atoms with Crippen molar-refractivity contribution in [2.24, 2.45) is 0 Å². The number of carbonyl (C=O) groups excluding carboxylic acids is 2. The zero-order chi connectivity index (χ0) is 20.1. The molecular formula is C24H22N2O3. The molecule has 4 rings (SSSR count). The first kappa shape index (κ1) is 18.7. The van der Waals surface area contributed by atoms with Crippen LogP contribution in [0.5, 0.6) is 0 Å². The summed E-state index contributed by atoms with van der Waals surface area (Å²) in [6.07, 6.45) is 1.25. The number of nitrogens with one attached hydrogen (secondary N) is 1. The Hall–Kier alpha value is -3.60. The van der Waals surface area contributed by atoms with Crippen molar-refractivity contribution in [2.75, 3.05) is 16.8 Å². The van der Waals surface area contributed by atoms with Crippen LogP contribution in [0.2, 0.25) is 0 Å². The van der Waals surface area contributed by atoms with E-state index in [1.54, 1.807) is 6.07 Å². The van der Waals surface area contributed by atoms with Crippen LogP contribution in [0.25, 0.3) is 0 Å². The van der Waals surface area contributed by atoms with Gasteiger partial charge in [-0.2, -0.15) is 0 Å². The van der Waals surface area contributed by atoms with Gasteiger partial charge < -0.3 is 9.64 Å². The van der Waals surface area contributed by atoms with Crippen molar-refractivity contribution in [3.63, 3.8) is 0 Å². The lowest BCUT2D eigenvalue weighted by Gasteiger charge is -2.30. The SMILES string of the molecule is O=C(Nc1ccc2c(c1)CCCN2C(=O)c1ccccc1)OCc1ccccc1. The number of amides is 2. The topological polar surface area (TPSA) is 58.6 Å². The molecule has 1 aliphatic rings. The number of aryl methyl sites for hydroxylation is 1. The highest BCUT2D eigenvalue weighted by molar-refractivity contribution is 6.06. The number of rotatable bonds is 4. The van der Waals surface area contributed by atoms with E-state index in [4.69, 9.17) is 4.74 Å². The molecule has 0 saturated carbocycles. The van der Waals surface area contributed by atoms with Gasteiger partial charge in [0.25, 0.3) is 5.91 Å². The maximum Gasteiger partial charge on any atom is 0.411 e. The second-order valence-corrected chi connectivity index (χ2v) is 6.96. The lowest BCUT2D eigenvalue weighted by atomic mass is 10.00. The molecule has 0 radical (unpaired) electrons. The third-order valence-corrected chi connectivity index (χ3v) is 4.92. The monoisotopic (exact) mass is 386 g/mol. The van der Waals surface area contributed by atoms with E-state index in [2.05, 4.69) is 5.32 Å². The van der Waals surface area contributed by atoms with E-state index in [1.165, 1.54) is 0 Å². The first-order valence-electron chi connectivity index (χ1n) is 9.68. The molecule has 0 unspecified atom stereocenters. The summed E-state index contributed by atoms with van der Waals surface area (Å²) >= 11 is 0. The summed E-state index contributed by atoms with van der Waals surface area (Å²) in [5.41, 5.74) is 4.21. The third-order valence-electron chi connectivity index (χ3n) is 4.92. The van der Waals surface area contributed by atoms with E-state index in [0.717, 1.165) is 29.7 Å². The number of hydrogen-bond donors (Lipinski definition) is 1. The van der Waals surface area contributed by atoms with Crippen LogP contribution in [0.3, 0.4) is 0 Å². The molecule has 146 valence electrons. The molecule has 3 aromatic rings. The molecule has 5 heteroatoms. The van der Waals surface area contributed by atoms with E-state index in [-0.39, 0.29) is 12.5 Å². The summed E-state index contributed by atoms with van der Waals surface area (Å²) in [7, 11) is 0. The number of fused-ring (bicyclic) bond motifs is 1. The molecule has 1 aliphatic heterocycles.